The largest absolute Gasteiger partial charge is 0.501 e. The number of hydrogen-bond acceptors (Lipinski definition) is 6. The van der Waals surface area contributed by atoms with Gasteiger partial charge in [0.25, 0.3) is 11.1 Å². The average Bonchev–Trinajstić information content (AvgIpc) is 3.60. The molecule has 0 bridgehead atoms. The summed E-state index contributed by atoms with van der Waals surface area (Å²) in [4.78, 5) is 28.7. The number of ether oxygens (including phenoxy) is 1. The predicted octanol–water partition coefficient (Wildman–Crippen LogP) is 3.22. The molecule has 3 rings (SSSR count). The van der Waals surface area contributed by atoms with Gasteiger partial charge in [-0.3, -0.25) is 14.8 Å². The summed E-state index contributed by atoms with van der Waals surface area (Å²) in [6.45, 7) is 5.76. The van der Waals surface area contributed by atoms with Crippen LogP contribution in [0.1, 0.15) is 58.8 Å². The van der Waals surface area contributed by atoms with Gasteiger partial charge in [0.1, 0.15) is 0 Å². The molecule has 0 aromatic heterocycles. The van der Waals surface area contributed by atoms with Gasteiger partial charge in [0.05, 0.1) is 23.0 Å². The monoisotopic (exact) mass is 517 g/mol. The third-order valence-electron chi connectivity index (χ3n) is 7.06. The summed E-state index contributed by atoms with van der Waals surface area (Å²) < 4.78 is 33.1. The number of hydrogen-bond donors (Lipinski definition) is 3. The molecule has 0 aromatic carbocycles. The molecule has 2 fully saturated rings. The first-order chi connectivity index (χ1) is 16.2. The fourth-order valence-electron chi connectivity index (χ4n) is 5.05. The number of nitrogens with zero attached hydrogens (tertiary/aromatic N) is 1. The first-order valence-electron chi connectivity index (χ1n) is 12.1. The van der Waals surface area contributed by atoms with E-state index in [4.69, 9.17) is 4.74 Å². The van der Waals surface area contributed by atoms with E-state index in [0.29, 0.717) is 29.9 Å². The molecule has 3 aliphatic rings. The molecule has 0 spiro atoms. The number of likely N-dealkylation sites (tertiary alicyclic amines) is 1. The Kier molecular flexibility index (Phi) is 9.10. The van der Waals surface area contributed by atoms with Gasteiger partial charge in [-0.2, -0.15) is 0 Å². The number of allylic oxidation sites excluding steroid dienone is 3. The van der Waals surface area contributed by atoms with Gasteiger partial charge in [0.15, 0.2) is 0 Å². The summed E-state index contributed by atoms with van der Waals surface area (Å²) in [7, 11) is -4.01. The number of sulfonamides is 1. The van der Waals surface area contributed by atoms with Crippen molar-refractivity contribution in [2.24, 2.45) is 5.92 Å². The summed E-state index contributed by atoms with van der Waals surface area (Å²) in [5, 5.41) is 9.08. The second-order valence-electron chi connectivity index (χ2n) is 9.57. The summed E-state index contributed by atoms with van der Waals surface area (Å²) in [5.41, 5.74) is 1.79. The van der Waals surface area contributed by atoms with Crippen LogP contribution in [0.5, 0.6) is 0 Å². The highest BCUT2D eigenvalue weighted by Crippen LogP contribution is 2.75. The van der Waals surface area contributed by atoms with E-state index in [1.807, 2.05) is 4.90 Å². The molecule has 1 unspecified atom stereocenters. The van der Waals surface area contributed by atoms with Gasteiger partial charge in [-0.1, -0.05) is 19.9 Å². The molecule has 0 saturated carbocycles. The molecule has 2 aliphatic heterocycles. The molecule has 2 amide bonds. The van der Waals surface area contributed by atoms with Crippen molar-refractivity contribution in [1.29, 1.82) is 0 Å². The molecule has 0 aromatic rings. The number of hydroxylamine groups is 1. The molecule has 2 heterocycles. The van der Waals surface area contributed by atoms with Gasteiger partial charge in [0.2, 0.25) is 10.0 Å². The zero-order chi connectivity index (χ0) is 24.9. The second-order valence-corrected chi connectivity index (χ2v) is 14.9. The van der Waals surface area contributed by atoms with E-state index >= 15 is 0 Å². The Labute approximate surface area is 204 Å². The molecule has 194 valence electrons. The average molecular weight is 518 g/mol. The number of amides is 2. The SMILES string of the molecule is COC1=CCC(S(=O)(=O)NCCC[C@H](C(=O)NO)S2(C(=O)N3CCCCC3)C[C@H]2C(C)C)=CC1. The van der Waals surface area contributed by atoms with E-state index < -0.39 is 31.2 Å². The molecule has 3 atom stereocenters. The number of nitrogens with one attached hydrogen (secondary N) is 2. The predicted molar refractivity (Wildman–Crippen MR) is 134 cm³/mol. The first-order valence-corrected chi connectivity index (χ1v) is 15.5. The zero-order valence-corrected chi connectivity index (χ0v) is 22.1. The van der Waals surface area contributed by atoms with Crippen LogP contribution in [0.25, 0.3) is 0 Å². The Balaban J connectivity index is 1.66. The highest BCUT2D eigenvalue weighted by molar-refractivity contribution is 8.51. The fourth-order valence-corrected chi connectivity index (χ4v) is 11.5. The lowest BCUT2D eigenvalue weighted by Crippen LogP contribution is -2.42. The Bertz CT molecular complexity index is 927. The van der Waals surface area contributed by atoms with Gasteiger partial charge < -0.3 is 9.64 Å². The van der Waals surface area contributed by atoms with Gasteiger partial charge >= 0.3 is 0 Å². The van der Waals surface area contributed by atoms with Gasteiger partial charge in [-0.25, -0.2) is 18.6 Å². The Morgan fingerprint density at radius 1 is 1.21 bits per heavy atom. The van der Waals surface area contributed by atoms with Crippen molar-refractivity contribution >= 4 is 31.2 Å². The summed E-state index contributed by atoms with van der Waals surface area (Å²) in [6.07, 6.45) is 7.93. The van der Waals surface area contributed by atoms with Crippen LogP contribution in [0.4, 0.5) is 4.79 Å². The third-order valence-corrected chi connectivity index (χ3v) is 13.3. The molecule has 11 heteroatoms. The van der Waals surface area contributed by atoms with Crippen molar-refractivity contribution in [1.82, 2.24) is 15.1 Å². The number of methoxy groups -OCH3 is 1. The van der Waals surface area contributed by atoms with Gasteiger partial charge in [0, 0.05) is 37.7 Å². The van der Waals surface area contributed by atoms with E-state index in [1.165, 1.54) is 0 Å². The van der Waals surface area contributed by atoms with Crippen LogP contribution in [-0.2, 0) is 19.6 Å². The maximum Gasteiger partial charge on any atom is 0.265 e. The minimum absolute atomic E-state index is 0.0909. The van der Waals surface area contributed by atoms with E-state index in [1.54, 1.807) is 24.7 Å². The maximum atomic E-state index is 13.7. The molecule has 9 nitrogen and oxygen atoms in total. The fraction of sp³-hybridized carbons (Fsp3) is 0.739. The van der Waals surface area contributed by atoms with E-state index in [-0.39, 0.29) is 29.4 Å². The summed E-state index contributed by atoms with van der Waals surface area (Å²) in [6, 6.07) is 0. The minimum atomic E-state index is -3.62. The Morgan fingerprint density at radius 3 is 2.44 bits per heavy atom. The van der Waals surface area contributed by atoms with Crippen LogP contribution in [0, 0.1) is 5.92 Å². The van der Waals surface area contributed by atoms with Crippen molar-refractivity contribution in [3.05, 3.63) is 22.8 Å². The van der Waals surface area contributed by atoms with Crippen LogP contribution in [0.2, 0.25) is 0 Å². The number of carbonyl (C=O) groups excluding carboxylic acids is 2. The quantitative estimate of drug-likeness (QED) is 0.177. The van der Waals surface area contributed by atoms with Crippen molar-refractivity contribution in [3.8, 4) is 0 Å². The smallest absolute Gasteiger partial charge is 0.265 e. The standard InChI is InChI=1S/C23H39N3O6S2/c1-17(2)21-16-33(21,23(28)26-14-5-4-6-15-26)20(22(27)25-29)8-7-13-24-34(30,31)19-11-9-18(32-3)10-12-19/h9,12,17,20-21,24,29H,4-8,10-11,13-16H2,1-3H3,(H,25,27)/t20-,21+/m1/s1. The molecule has 2 saturated heterocycles. The van der Waals surface area contributed by atoms with E-state index in [0.717, 1.165) is 38.1 Å². The number of rotatable bonds is 10. The lowest BCUT2D eigenvalue weighted by Gasteiger charge is -2.37. The van der Waals surface area contributed by atoms with Gasteiger partial charge in [-0.15, -0.1) is 10.0 Å². The molecule has 34 heavy (non-hydrogen) atoms. The van der Waals surface area contributed by atoms with Crippen LogP contribution in [-0.4, -0.2) is 72.7 Å². The van der Waals surface area contributed by atoms with Crippen molar-refractivity contribution < 1.29 is 28.0 Å². The van der Waals surface area contributed by atoms with Crippen LogP contribution in [0.15, 0.2) is 22.8 Å². The van der Waals surface area contributed by atoms with Crippen LogP contribution < -0.4 is 10.2 Å². The summed E-state index contributed by atoms with van der Waals surface area (Å²) in [5.74, 6) is 1.18. The molecule has 1 aliphatic carbocycles. The zero-order valence-electron chi connectivity index (χ0n) is 20.4. The van der Waals surface area contributed by atoms with Gasteiger partial charge in [-0.05, 0) is 49.9 Å². The van der Waals surface area contributed by atoms with Crippen LogP contribution >= 0.6 is 10.0 Å². The number of carbonyl (C=O) groups is 2. The summed E-state index contributed by atoms with van der Waals surface area (Å²) >= 11 is 0. The number of piperidine rings is 1. The van der Waals surface area contributed by atoms with Crippen molar-refractivity contribution in [2.75, 3.05) is 32.5 Å². The van der Waals surface area contributed by atoms with Crippen molar-refractivity contribution in [3.63, 3.8) is 0 Å². The molecular weight excluding hydrogens is 478 g/mol. The molecule has 0 radical (unpaired) electrons. The Morgan fingerprint density at radius 2 is 1.91 bits per heavy atom. The Hall–Kier alpha value is -1.56. The van der Waals surface area contributed by atoms with E-state index in [2.05, 4.69) is 18.6 Å². The normalized spacial score (nSPS) is 27.8. The third kappa shape index (κ3) is 5.80. The second kappa shape index (κ2) is 11.5. The first kappa shape index (κ1) is 27.0. The van der Waals surface area contributed by atoms with Crippen molar-refractivity contribution in [2.45, 2.75) is 69.3 Å². The highest BCUT2D eigenvalue weighted by atomic mass is 32.3. The maximum absolute atomic E-state index is 13.7. The highest BCUT2D eigenvalue weighted by Gasteiger charge is 2.62. The van der Waals surface area contributed by atoms with Crippen LogP contribution in [0.3, 0.4) is 0 Å². The lowest BCUT2D eigenvalue weighted by atomic mass is 10.1. The lowest BCUT2D eigenvalue weighted by molar-refractivity contribution is -0.128. The minimum Gasteiger partial charge on any atom is -0.501 e. The molecular formula is C23H39N3O6S2. The topological polar surface area (TPSA) is 125 Å². The molecule has 3 N–H and O–H groups in total. The van der Waals surface area contributed by atoms with E-state index in [9.17, 15) is 23.2 Å².